The van der Waals surface area contributed by atoms with Gasteiger partial charge in [0.05, 0.1) is 17.9 Å². The van der Waals surface area contributed by atoms with Crippen molar-refractivity contribution in [3.63, 3.8) is 0 Å². The molecule has 0 spiro atoms. The summed E-state index contributed by atoms with van der Waals surface area (Å²) in [5, 5.41) is 12.7. The van der Waals surface area contributed by atoms with Crippen LogP contribution in [-0.2, 0) is 10.5 Å². The largest absolute Gasteiger partial charge is 0.391 e. The van der Waals surface area contributed by atoms with Crippen molar-refractivity contribution in [3.05, 3.63) is 35.9 Å². The zero-order valence-electron chi connectivity index (χ0n) is 11.0. The molecule has 1 aliphatic carbocycles. The van der Waals surface area contributed by atoms with Crippen molar-refractivity contribution in [2.75, 3.05) is 5.75 Å². The van der Waals surface area contributed by atoms with E-state index in [1.807, 2.05) is 18.2 Å². The van der Waals surface area contributed by atoms with Crippen LogP contribution in [0.3, 0.4) is 0 Å². The monoisotopic (exact) mass is 279 g/mol. The summed E-state index contributed by atoms with van der Waals surface area (Å²) in [6.45, 7) is 0. The maximum absolute atomic E-state index is 11.8. The Morgan fingerprint density at radius 3 is 2.74 bits per heavy atom. The van der Waals surface area contributed by atoms with Gasteiger partial charge in [-0.1, -0.05) is 43.2 Å². The minimum atomic E-state index is -0.364. The summed E-state index contributed by atoms with van der Waals surface area (Å²) in [5.41, 5.74) is 1.23. The van der Waals surface area contributed by atoms with E-state index in [2.05, 4.69) is 17.4 Å². The lowest BCUT2D eigenvalue weighted by atomic mass is 9.93. The van der Waals surface area contributed by atoms with Crippen molar-refractivity contribution in [1.29, 1.82) is 0 Å². The van der Waals surface area contributed by atoms with Gasteiger partial charge in [0, 0.05) is 5.75 Å². The Bertz CT molecular complexity index is 396. The highest BCUT2D eigenvalue weighted by Gasteiger charge is 2.24. The van der Waals surface area contributed by atoms with Crippen molar-refractivity contribution >= 4 is 17.7 Å². The van der Waals surface area contributed by atoms with Crippen molar-refractivity contribution in [1.82, 2.24) is 5.32 Å². The normalized spacial score (nSPS) is 23.0. The van der Waals surface area contributed by atoms with E-state index in [1.165, 1.54) is 5.56 Å². The van der Waals surface area contributed by atoms with Gasteiger partial charge in [0.2, 0.25) is 5.91 Å². The zero-order chi connectivity index (χ0) is 13.5. The summed E-state index contributed by atoms with van der Waals surface area (Å²) >= 11 is 1.61. The maximum atomic E-state index is 11.8. The van der Waals surface area contributed by atoms with Crippen LogP contribution in [0.2, 0.25) is 0 Å². The fourth-order valence-corrected chi connectivity index (χ4v) is 3.16. The Labute approximate surface area is 118 Å². The average Bonchev–Trinajstić information content (AvgIpc) is 2.43. The molecule has 2 rings (SSSR count). The average molecular weight is 279 g/mol. The molecule has 3 nitrogen and oxygen atoms in total. The van der Waals surface area contributed by atoms with E-state index in [-0.39, 0.29) is 18.1 Å². The van der Waals surface area contributed by atoms with Gasteiger partial charge in [0.15, 0.2) is 0 Å². The number of hydrogen-bond acceptors (Lipinski definition) is 3. The van der Waals surface area contributed by atoms with E-state index in [0.29, 0.717) is 5.75 Å². The minimum absolute atomic E-state index is 0.0341. The molecule has 104 valence electrons. The second kappa shape index (κ2) is 7.56. The molecule has 1 aromatic rings. The summed E-state index contributed by atoms with van der Waals surface area (Å²) in [4.78, 5) is 11.8. The first-order chi connectivity index (χ1) is 9.25. The second-order valence-corrected chi connectivity index (χ2v) is 5.99. The molecule has 4 heteroatoms. The standard InChI is InChI=1S/C15H21NO2S/c17-14-9-5-4-8-13(14)16-15(18)11-19-10-12-6-2-1-3-7-12/h1-3,6-7,13-14,17H,4-5,8-11H2,(H,16,18)/t13-,14-/m1/s1. The topological polar surface area (TPSA) is 49.3 Å². The van der Waals surface area contributed by atoms with Crippen LogP contribution in [0.15, 0.2) is 30.3 Å². The molecule has 0 unspecified atom stereocenters. The number of nitrogens with one attached hydrogen (secondary N) is 1. The summed E-state index contributed by atoms with van der Waals surface area (Å²) in [6.07, 6.45) is 3.50. The maximum Gasteiger partial charge on any atom is 0.230 e. The van der Waals surface area contributed by atoms with Gasteiger partial charge in [0.25, 0.3) is 0 Å². The predicted octanol–water partition coefficient (Wildman–Crippen LogP) is 2.34. The van der Waals surface area contributed by atoms with Crippen LogP contribution in [0.25, 0.3) is 0 Å². The minimum Gasteiger partial charge on any atom is -0.391 e. The molecule has 0 saturated heterocycles. The van der Waals surface area contributed by atoms with E-state index in [9.17, 15) is 9.90 Å². The van der Waals surface area contributed by atoms with Gasteiger partial charge in [-0.2, -0.15) is 0 Å². The van der Waals surface area contributed by atoms with Gasteiger partial charge >= 0.3 is 0 Å². The third-order valence-corrected chi connectivity index (χ3v) is 4.42. The highest BCUT2D eigenvalue weighted by Crippen LogP contribution is 2.18. The predicted molar refractivity (Wildman–Crippen MR) is 79.0 cm³/mol. The Kier molecular flexibility index (Phi) is 5.73. The number of carbonyl (C=O) groups excluding carboxylic acids is 1. The zero-order valence-corrected chi connectivity index (χ0v) is 11.9. The molecule has 2 N–H and O–H groups in total. The molecular formula is C15H21NO2S. The fraction of sp³-hybridized carbons (Fsp3) is 0.533. The van der Waals surface area contributed by atoms with E-state index >= 15 is 0 Å². The van der Waals surface area contributed by atoms with Crippen molar-refractivity contribution in [2.45, 2.75) is 43.6 Å². The first-order valence-corrected chi connectivity index (χ1v) is 8.00. The van der Waals surface area contributed by atoms with E-state index in [0.717, 1.165) is 31.4 Å². The number of amides is 1. The lowest BCUT2D eigenvalue weighted by molar-refractivity contribution is -0.120. The van der Waals surface area contributed by atoms with Crippen molar-refractivity contribution in [3.8, 4) is 0 Å². The molecule has 1 fully saturated rings. The number of rotatable bonds is 5. The summed E-state index contributed by atoms with van der Waals surface area (Å²) < 4.78 is 0. The third kappa shape index (κ3) is 4.88. The van der Waals surface area contributed by atoms with Gasteiger partial charge in [-0.25, -0.2) is 0 Å². The highest BCUT2D eigenvalue weighted by molar-refractivity contribution is 7.99. The second-order valence-electron chi connectivity index (χ2n) is 5.00. The van der Waals surface area contributed by atoms with Gasteiger partial charge < -0.3 is 10.4 Å². The quantitative estimate of drug-likeness (QED) is 0.870. The fourth-order valence-electron chi connectivity index (χ4n) is 2.36. The van der Waals surface area contributed by atoms with Crippen LogP contribution >= 0.6 is 11.8 Å². The molecule has 0 radical (unpaired) electrons. The Morgan fingerprint density at radius 1 is 1.26 bits per heavy atom. The van der Waals surface area contributed by atoms with E-state index in [4.69, 9.17) is 0 Å². The molecule has 1 amide bonds. The Balaban J connectivity index is 1.67. The Morgan fingerprint density at radius 2 is 2.00 bits per heavy atom. The first kappa shape index (κ1) is 14.4. The van der Waals surface area contributed by atoms with Gasteiger partial charge in [-0.15, -0.1) is 11.8 Å². The number of hydrogen-bond donors (Lipinski definition) is 2. The molecule has 19 heavy (non-hydrogen) atoms. The molecular weight excluding hydrogens is 258 g/mol. The molecule has 0 aliphatic heterocycles. The highest BCUT2D eigenvalue weighted by atomic mass is 32.2. The number of benzene rings is 1. The van der Waals surface area contributed by atoms with Crippen LogP contribution in [0, 0.1) is 0 Å². The van der Waals surface area contributed by atoms with Gasteiger partial charge in [-0.3, -0.25) is 4.79 Å². The lowest BCUT2D eigenvalue weighted by Crippen LogP contribution is -2.45. The lowest BCUT2D eigenvalue weighted by Gasteiger charge is -2.28. The van der Waals surface area contributed by atoms with Crippen LogP contribution in [0.5, 0.6) is 0 Å². The summed E-state index contributed by atoms with van der Waals surface area (Å²) in [7, 11) is 0. The smallest absolute Gasteiger partial charge is 0.230 e. The molecule has 0 bridgehead atoms. The third-order valence-electron chi connectivity index (χ3n) is 3.42. The van der Waals surface area contributed by atoms with Gasteiger partial charge in [0.1, 0.15) is 0 Å². The van der Waals surface area contributed by atoms with E-state index < -0.39 is 0 Å². The summed E-state index contributed by atoms with van der Waals surface area (Å²) in [6, 6.07) is 10.1. The Hall–Kier alpha value is -1.00. The van der Waals surface area contributed by atoms with Crippen LogP contribution in [0.1, 0.15) is 31.2 Å². The summed E-state index contributed by atoms with van der Waals surface area (Å²) in [5.74, 6) is 1.34. The molecule has 1 aromatic carbocycles. The van der Waals surface area contributed by atoms with Crippen LogP contribution < -0.4 is 5.32 Å². The number of carbonyl (C=O) groups is 1. The number of aliphatic hydroxyl groups is 1. The molecule has 1 saturated carbocycles. The van der Waals surface area contributed by atoms with Crippen LogP contribution in [-0.4, -0.2) is 28.9 Å². The SMILES string of the molecule is O=C(CSCc1ccccc1)N[C@@H]1CCCC[C@H]1O. The van der Waals surface area contributed by atoms with Gasteiger partial charge in [-0.05, 0) is 18.4 Å². The number of thioether (sulfide) groups is 1. The number of aliphatic hydroxyl groups excluding tert-OH is 1. The molecule has 2 atom stereocenters. The van der Waals surface area contributed by atoms with Crippen LogP contribution in [0.4, 0.5) is 0 Å². The molecule has 0 aromatic heterocycles. The van der Waals surface area contributed by atoms with E-state index in [1.54, 1.807) is 11.8 Å². The molecule has 0 heterocycles. The molecule has 1 aliphatic rings. The van der Waals surface area contributed by atoms with Crippen molar-refractivity contribution < 1.29 is 9.90 Å². The van der Waals surface area contributed by atoms with Crippen molar-refractivity contribution in [2.24, 2.45) is 0 Å². The first-order valence-electron chi connectivity index (χ1n) is 6.85.